The van der Waals surface area contributed by atoms with Crippen LogP contribution in [0.25, 0.3) is 0 Å². The molecule has 0 bridgehead atoms. The Hall–Kier alpha value is -3.44. The predicted molar refractivity (Wildman–Crippen MR) is 131 cm³/mol. The van der Waals surface area contributed by atoms with E-state index >= 15 is 0 Å². The molecule has 1 aliphatic rings. The summed E-state index contributed by atoms with van der Waals surface area (Å²) in [6.45, 7) is 0.459. The predicted octanol–water partition coefficient (Wildman–Crippen LogP) is 5.18. The Labute approximate surface area is 198 Å². The highest BCUT2D eigenvalue weighted by molar-refractivity contribution is 6.31. The minimum absolute atomic E-state index is 0.0722. The Morgan fingerprint density at radius 3 is 2.12 bits per heavy atom. The molecule has 0 unspecified atom stereocenters. The van der Waals surface area contributed by atoms with E-state index in [1.807, 2.05) is 60.7 Å². The molecule has 0 spiro atoms. The summed E-state index contributed by atoms with van der Waals surface area (Å²) in [6.07, 6.45) is 2.69. The quantitative estimate of drug-likeness (QED) is 0.353. The van der Waals surface area contributed by atoms with Gasteiger partial charge < -0.3 is 5.73 Å². The van der Waals surface area contributed by atoms with Crippen LogP contribution < -0.4 is 5.73 Å². The molecule has 0 fully saturated rings. The summed E-state index contributed by atoms with van der Waals surface area (Å²) >= 11 is 5.97. The Morgan fingerprint density at radius 2 is 1.52 bits per heavy atom. The third-order valence-electron chi connectivity index (χ3n) is 5.93. The van der Waals surface area contributed by atoms with E-state index in [2.05, 4.69) is 0 Å². The van der Waals surface area contributed by atoms with E-state index < -0.39 is 5.54 Å². The smallest absolute Gasteiger partial charge is 0.266 e. The van der Waals surface area contributed by atoms with Gasteiger partial charge in [0.15, 0.2) is 17.3 Å². The van der Waals surface area contributed by atoms with Crippen LogP contribution in [0.3, 0.4) is 0 Å². The second-order valence-corrected chi connectivity index (χ2v) is 8.55. The molecule has 33 heavy (non-hydrogen) atoms. The minimum atomic E-state index is -1.17. The highest BCUT2D eigenvalue weighted by atomic mass is 35.5. The second kappa shape index (κ2) is 10.0. The zero-order chi connectivity index (χ0) is 23.3. The number of Topliss-reactive ketones (excluding diaryl/α,β-unsaturated/α-hetero) is 1. The van der Waals surface area contributed by atoms with E-state index in [-0.39, 0.29) is 17.6 Å². The van der Waals surface area contributed by atoms with Gasteiger partial charge in [-0.25, -0.2) is 4.99 Å². The van der Waals surface area contributed by atoms with Crippen LogP contribution in [0, 0.1) is 0 Å². The molecule has 168 valence electrons. The maximum absolute atomic E-state index is 13.7. The molecule has 0 aliphatic carbocycles. The van der Waals surface area contributed by atoms with Gasteiger partial charge in [-0.3, -0.25) is 14.5 Å². The molecule has 1 aliphatic heterocycles. The van der Waals surface area contributed by atoms with Gasteiger partial charge in [0.25, 0.3) is 5.91 Å². The number of carbonyl (C=O) groups excluding carboxylic acids is 2. The number of halogens is 1. The normalized spacial score (nSPS) is 14.9. The van der Waals surface area contributed by atoms with Crippen molar-refractivity contribution in [2.45, 2.75) is 31.2 Å². The highest BCUT2D eigenvalue weighted by Crippen LogP contribution is 2.39. The average Bonchev–Trinajstić information content (AvgIpc) is 3.10. The summed E-state index contributed by atoms with van der Waals surface area (Å²) in [7, 11) is 0. The van der Waals surface area contributed by atoms with Gasteiger partial charge in [-0.15, -0.1) is 0 Å². The number of benzene rings is 3. The van der Waals surface area contributed by atoms with Gasteiger partial charge in [0.2, 0.25) is 0 Å². The van der Waals surface area contributed by atoms with Gasteiger partial charge in [-0.05, 0) is 36.1 Å². The summed E-state index contributed by atoms with van der Waals surface area (Å²) in [5, 5.41) is 0.559. The first-order valence-electron chi connectivity index (χ1n) is 11.1. The molecule has 1 amide bonds. The molecule has 1 heterocycles. The maximum atomic E-state index is 13.7. The van der Waals surface area contributed by atoms with E-state index in [0.717, 1.165) is 30.4 Å². The van der Waals surface area contributed by atoms with E-state index in [1.165, 1.54) is 0 Å². The first-order chi connectivity index (χ1) is 16.0. The van der Waals surface area contributed by atoms with Crippen LogP contribution in [0.4, 0.5) is 0 Å². The Kier molecular flexibility index (Phi) is 6.90. The van der Waals surface area contributed by atoms with Crippen molar-refractivity contribution in [2.75, 3.05) is 6.54 Å². The number of nitrogens with two attached hydrogens (primary N) is 1. The lowest BCUT2D eigenvalue weighted by atomic mass is 9.83. The summed E-state index contributed by atoms with van der Waals surface area (Å²) in [5.41, 5.74) is 7.30. The fraction of sp³-hybridized carbons (Fsp3) is 0.222. The number of hydrogen-bond donors (Lipinski definition) is 1. The van der Waals surface area contributed by atoms with Crippen molar-refractivity contribution in [1.82, 2.24) is 4.90 Å². The largest absolute Gasteiger partial charge is 0.369 e. The van der Waals surface area contributed by atoms with Gasteiger partial charge in [0.1, 0.15) is 0 Å². The number of rotatable bonds is 9. The van der Waals surface area contributed by atoms with Crippen LogP contribution in [0.15, 0.2) is 89.9 Å². The zero-order valence-electron chi connectivity index (χ0n) is 18.3. The molecule has 0 saturated carbocycles. The first kappa shape index (κ1) is 22.7. The van der Waals surface area contributed by atoms with Crippen LogP contribution in [-0.4, -0.2) is 29.1 Å². The Bertz CT molecular complexity index is 1120. The monoisotopic (exact) mass is 459 g/mol. The van der Waals surface area contributed by atoms with E-state index in [0.29, 0.717) is 23.6 Å². The highest BCUT2D eigenvalue weighted by Gasteiger charge is 2.50. The number of unbranched alkanes of at least 4 members (excludes halogenated alkanes) is 2. The number of hydrogen-bond acceptors (Lipinski definition) is 4. The van der Waals surface area contributed by atoms with Crippen molar-refractivity contribution in [3.63, 3.8) is 0 Å². The third-order valence-corrected chi connectivity index (χ3v) is 6.16. The molecule has 0 atom stereocenters. The van der Waals surface area contributed by atoms with E-state index in [9.17, 15) is 9.59 Å². The molecule has 4 rings (SSSR count). The maximum Gasteiger partial charge on any atom is 0.266 e. The van der Waals surface area contributed by atoms with Crippen molar-refractivity contribution >= 4 is 29.3 Å². The van der Waals surface area contributed by atoms with Gasteiger partial charge in [0.05, 0.1) is 0 Å². The fourth-order valence-electron chi connectivity index (χ4n) is 4.24. The first-order valence-corrected chi connectivity index (χ1v) is 11.5. The topological polar surface area (TPSA) is 75.8 Å². The lowest BCUT2D eigenvalue weighted by Crippen LogP contribution is -2.44. The van der Waals surface area contributed by atoms with Gasteiger partial charge in [0, 0.05) is 23.6 Å². The number of guanidine groups is 1. The van der Waals surface area contributed by atoms with Gasteiger partial charge in [-0.2, -0.15) is 0 Å². The molecular formula is C27H26ClN3O2. The summed E-state index contributed by atoms with van der Waals surface area (Å²) in [4.78, 5) is 32.3. The fourth-order valence-corrected chi connectivity index (χ4v) is 4.43. The molecule has 2 N–H and O–H groups in total. The molecule has 6 heteroatoms. The molecular weight excluding hydrogens is 434 g/mol. The van der Waals surface area contributed by atoms with Crippen LogP contribution in [-0.2, 0) is 10.3 Å². The van der Waals surface area contributed by atoms with E-state index in [4.69, 9.17) is 22.3 Å². The van der Waals surface area contributed by atoms with Crippen molar-refractivity contribution in [1.29, 1.82) is 0 Å². The van der Waals surface area contributed by atoms with Crippen molar-refractivity contribution in [3.8, 4) is 0 Å². The van der Waals surface area contributed by atoms with Gasteiger partial charge in [-0.1, -0.05) is 90.8 Å². The molecule has 3 aromatic rings. The Morgan fingerprint density at radius 1 is 0.879 bits per heavy atom. The number of ketones is 1. The van der Waals surface area contributed by atoms with E-state index in [1.54, 1.807) is 29.2 Å². The van der Waals surface area contributed by atoms with Crippen molar-refractivity contribution < 1.29 is 9.59 Å². The Balaban J connectivity index is 1.41. The standard InChI is InChI=1S/C27H26ClN3O2/c28-23-16-10-11-20(19-23)24(32)17-8-3-9-18-31-25(33)27(30-26(31)29,21-12-4-1-5-13-21)22-14-6-2-7-15-22/h1-2,4-7,10-16,19H,3,8-9,17-18H2,(H2,29,30). The lowest BCUT2D eigenvalue weighted by Gasteiger charge is -2.27. The lowest BCUT2D eigenvalue weighted by molar-refractivity contribution is -0.130. The summed E-state index contributed by atoms with van der Waals surface area (Å²) in [5.74, 6) is 0.151. The van der Waals surface area contributed by atoms with Gasteiger partial charge >= 0.3 is 0 Å². The number of amides is 1. The molecule has 0 aromatic heterocycles. The summed E-state index contributed by atoms with van der Waals surface area (Å²) < 4.78 is 0. The molecule has 3 aromatic carbocycles. The third kappa shape index (κ3) is 4.69. The van der Waals surface area contributed by atoms with Crippen LogP contribution in [0.1, 0.15) is 47.2 Å². The molecule has 0 radical (unpaired) electrons. The van der Waals surface area contributed by atoms with Crippen LogP contribution >= 0.6 is 11.6 Å². The second-order valence-electron chi connectivity index (χ2n) is 8.11. The molecule has 0 saturated heterocycles. The number of nitrogens with zero attached hydrogens (tertiary/aromatic N) is 2. The number of aliphatic imine (C=N–C) groups is 1. The van der Waals surface area contributed by atoms with Crippen LogP contribution in [0.5, 0.6) is 0 Å². The molecule has 5 nitrogen and oxygen atoms in total. The van der Waals surface area contributed by atoms with Crippen molar-refractivity contribution in [2.24, 2.45) is 10.7 Å². The minimum Gasteiger partial charge on any atom is -0.369 e. The number of carbonyl (C=O) groups is 2. The van der Waals surface area contributed by atoms with Crippen molar-refractivity contribution in [3.05, 3.63) is 107 Å². The average molecular weight is 460 g/mol. The zero-order valence-corrected chi connectivity index (χ0v) is 19.0. The summed E-state index contributed by atoms with van der Waals surface area (Å²) in [6, 6.07) is 26.1. The van der Waals surface area contributed by atoms with Crippen LogP contribution in [0.2, 0.25) is 5.02 Å². The SMILES string of the molecule is NC1=NC(c2ccccc2)(c2ccccc2)C(=O)N1CCCCCC(=O)c1cccc(Cl)c1.